The first-order valence-electron chi connectivity index (χ1n) is 6.49. The fraction of sp³-hybridized carbons (Fsp3) is 0.500. The molecule has 2 rings (SSSR count). The molecule has 1 aliphatic rings. The number of hydrogen-bond acceptors (Lipinski definition) is 5. The predicted octanol–water partition coefficient (Wildman–Crippen LogP) is 1.78. The molecular formula is C12H16BrN3O4S. The molecule has 1 saturated heterocycles. The Morgan fingerprint density at radius 1 is 1.48 bits per heavy atom. The quantitative estimate of drug-likeness (QED) is 0.614. The Hall–Kier alpha value is -1.03. The van der Waals surface area contributed by atoms with E-state index in [2.05, 4.69) is 26.0 Å². The van der Waals surface area contributed by atoms with Gasteiger partial charge in [-0.25, -0.2) is 13.1 Å². The van der Waals surface area contributed by atoms with Crippen molar-refractivity contribution >= 4 is 31.6 Å². The van der Waals surface area contributed by atoms with Crippen LogP contribution in [-0.2, 0) is 10.0 Å². The molecule has 0 bridgehead atoms. The lowest BCUT2D eigenvalue weighted by Gasteiger charge is -2.28. The van der Waals surface area contributed by atoms with Crippen LogP contribution in [0.5, 0.6) is 0 Å². The number of piperidine rings is 1. The van der Waals surface area contributed by atoms with Crippen LogP contribution in [-0.4, -0.2) is 32.0 Å². The molecule has 2 N–H and O–H groups in total. The molecule has 0 aliphatic carbocycles. The molecule has 2 atom stereocenters. The smallest absolute Gasteiger partial charge is 0.289 e. The number of nitrogens with zero attached hydrogens (tertiary/aromatic N) is 1. The molecule has 0 amide bonds. The summed E-state index contributed by atoms with van der Waals surface area (Å²) >= 11 is 3.15. The average molecular weight is 378 g/mol. The van der Waals surface area contributed by atoms with E-state index in [1.54, 1.807) is 0 Å². The topological polar surface area (TPSA) is 101 Å². The summed E-state index contributed by atoms with van der Waals surface area (Å²) in [5.74, 6) is 0. The summed E-state index contributed by atoms with van der Waals surface area (Å²) in [4.78, 5) is 10.0. The van der Waals surface area contributed by atoms with Crippen LogP contribution in [0.3, 0.4) is 0 Å². The molecule has 116 valence electrons. The fourth-order valence-electron chi connectivity index (χ4n) is 2.38. The molecule has 0 saturated carbocycles. The molecule has 1 aromatic rings. The van der Waals surface area contributed by atoms with Gasteiger partial charge in [0.1, 0.15) is 0 Å². The Bertz CT molecular complexity index is 650. The molecule has 1 fully saturated rings. The fourth-order valence-corrected chi connectivity index (χ4v) is 4.37. The second kappa shape index (κ2) is 6.39. The minimum absolute atomic E-state index is 0.212. The highest BCUT2D eigenvalue weighted by Crippen LogP contribution is 2.27. The third-order valence-electron chi connectivity index (χ3n) is 3.35. The molecule has 0 aromatic heterocycles. The lowest BCUT2D eigenvalue weighted by atomic mass is 10.0. The summed E-state index contributed by atoms with van der Waals surface area (Å²) < 4.78 is 27.9. The minimum atomic E-state index is -3.93. The molecule has 21 heavy (non-hydrogen) atoms. The van der Waals surface area contributed by atoms with Crippen molar-refractivity contribution in [2.75, 3.05) is 6.54 Å². The van der Waals surface area contributed by atoms with Gasteiger partial charge in [-0.3, -0.25) is 10.1 Å². The van der Waals surface area contributed by atoms with E-state index in [0.717, 1.165) is 6.54 Å². The van der Waals surface area contributed by atoms with Crippen molar-refractivity contribution in [1.82, 2.24) is 10.0 Å². The summed E-state index contributed by atoms with van der Waals surface area (Å²) in [6, 6.07) is 3.88. The van der Waals surface area contributed by atoms with E-state index in [4.69, 9.17) is 0 Å². The summed E-state index contributed by atoms with van der Waals surface area (Å²) in [5.41, 5.74) is -0.423. The lowest BCUT2D eigenvalue weighted by Crippen LogP contribution is -2.46. The third kappa shape index (κ3) is 4.00. The second-order valence-corrected chi connectivity index (χ2v) is 7.66. The number of nitrogens with one attached hydrogen (secondary N) is 2. The van der Waals surface area contributed by atoms with Crippen molar-refractivity contribution in [3.63, 3.8) is 0 Å². The van der Waals surface area contributed by atoms with Gasteiger partial charge in [0, 0.05) is 22.6 Å². The van der Waals surface area contributed by atoms with Gasteiger partial charge in [-0.05, 0) is 38.4 Å². The summed E-state index contributed by atoms with van der Waals surface area (Å²) in [6.45, 7) is 2.69. The zero-order chi connectivity index (χ0) is 15.6. The first kappa shape index (κ1) is 16.3. The minimum Gasteiger partial charge on any atom is -0.314 e. The van der Waals surface area contributed by atoms with Gasteiger partial charge in [-0.15, -0.1) is 0 Å². The first-order valence-corrected chi connectivity index (χ1v) is 8.77. The van der Waals surface area contributed by atoms with Crippen LogP contribution in [0.25, 0.3) is 0 Å². The first-order chi connectivity index (χ1) is 9.79. The van der Waals surface area contributed by atoms with Gasteiger partial charge >= 0.3 is 0 Å². The van der Waals surface area contributed by atoms with Crippen LogP contribution >= 0.6 is 15.9 Å². The van der Waals surface area contributed by atoms with Gasteiger partial charge in [0.05, 0.1) is 4.92 Å². The van der Waals surface area contributed by atoms with Crippen molar-refractivity contribution in [1.29, 1.82) is 0 Å². The van der Waals surface area contributed by atoms with E-state index in [1.807, 2.05) is 6.92 Å². The Morgan fingerprint density at radius 2 is 2.19 bits per heavy atom. The SMILES string of the molecule is CC1CC(NS(=O)(=O)c2cc(Br)ccc2[N+](=O)[O-])CCN1. The molecule has 1 heterocycles. The molecule has 1 aliphatic heterocycles. The number of nitro benzene ring substituents is 1. The maximum absolute atomic E-state index is 12.4. The largest absolute Gasteiger partial charge is 0.314 e. The van der Waals surface area contributed by atoms with Crippen LogP contribution in [0, 0.1) is 10.1 Å². The van der Waals surface area contributed by atoms with E-state index < -0.39 is 20.6 Å². The number of sulfonamides is 1. The van der Waals surface area contributed by atoms with Crippen molar-refractivity contribution in [3.05, 3.63) is 32.8 Å². The molecule has 1 aromatic carbocycles. The maximum Gasteiger partial charge on any atom is 0.289 e. The van der Waals surface area contributed by atoms with E-state index >= 15 is 0 Å². The van der Waals surface area contributed by atoms with Crippen LogP contribution in [0.15, 0.2) is 27.6 Å². The van der Waals surface area contributed by atoms with Gasteiger partial charge in [0.2, 0.25) is 10.0 Å². The standard InChI is InChI=1S/C12H16BrN3O4S/c1-8-6-10(4-5-14-8)15-21(19,20)12-7-9(13)2-3-11(12)16(17)18/h2-3,7-8,10,14-15H,4-6H2,1H3. The summed E-state index contributed by atoms with van der Waals surface area (Å²) in [6.07, 6.45) is 1.31. The van der Waals surface area contributed by atoms with Gasteiger partial charge in [-0.1, -0.05) is 15.9 Å². The molecule has 7 nitrogen and oxygen atoms in total. The number of rotatable bonds is 4. The lowest BCUT2D eigenvalue weighted by molar-refractivity contribution is -0.387. The highest BCUT2D eigenvalue weighted by molar-refractivity contribution is 9.10. The highest BCUT2D eigenvalue weighted by Gasteiger charge is 2.30. The number of nitro groups is 1. The molecule has 2 unspecified atom stereocenters. The monoisotopic (exact) mass is 377 g/mol. The Balaban J connectivity index is 2.31. The van der Waals surface area contributed by atoms with Gasteiger partial charge in [-0.2, -0.15) is 0 Å². The number of halogens is 1. The number of benzene rings is 1. The van der Waals surface area contributed by atoms with Crippen molar-refractivity contribution in [3.8, 4) is 0 Å². The molecule has 0 radical (unpaired) electrons. The zero-order valence-corrected chi connectivity index (χ0v) is 13.8. The molecular weight excluding hydrogens is 362 g/mol. The van der Waals surface area contributed by atoms with E-state index in [-0.39, 0.29) is 17.0 Å². The van der Waals surface area contributed by atoms with Crippen LogP contribution < -0.4 is 10.0 Å². The van der Waals surface area contributed by atoms with Crippen molar-refractivity contribution < 1.29 is 13.3 Å². The Kier molecular flexibility index (Phi) is 4.97. The summed E-state index contributed by atoms with van der Waals surface area (Å²) in [5, 5.41) is 14.2. The van der Waals surface area contributed by atoms with Gasteiger partial charge in [0.25, 0.3) is 5.69 Å². The average Bonchev–Trinajstić information content (AvgIpc) is 2.37. The van der Waals surface area contributed by atoms with E-state index in [9.17, 15) is 18.5 Å². The van der Waals surface area contributed by atoms with Crippen LogP contribution in [0.4, 0.5) is 5.69 Å². The highest BCUT2D eigenvalue weighted by atomic mass is 79.9. The summed E-state index contributed by atoms with van der Waals surface area (Å²) in [7, 11) is -3.93. The zero-order valence-electron chi connectivity index (χ0n) is 11.4. The van der Waals surface area contributed by atoms with E-state index in [1.165, 1.54) is 18.2 Å². The van der Waals surface area contributed by atoms with Crippen LogP contribution in [0.1, 0.15) is 19.8 Å². The Labute approximate surface area is 131 Å². The van der Waals surface area contributed by atoms with Crippen molar-refractivity contribution in [2.24, 2.45) is 0 Å². The van der Waals surface area contributed by atoms with Crippen molar-refractivity contribution in [2.45, 2.75) is 36.7 Å². The predicted molar refractivity (Wildman–Crippen MR) is 81.6 cm³/mol. The Morgan fingerprint density at radius 3 is 2.81 bits per heavy atom. The molecule has 9 heteroatoms. The third-order valence-corrected chi connectivity index (χ3v) is 5.40. The van der Waals surface area contributed by atoms with Crippen LogP contribution in [0.2, 0.25) is 0 Å². The normalized spacial score (nSPS) is 23.0. The molecule has 0 spiro atoms. The second-order valence-electron chi connectivity index (χ2n) is 5.07. The van der Waals surface area contributed by atoms with Gasteiger partial charge < -0.3 is 5.32 Å². The number of hydrogen-bond donors (Lipinski definition) is 2. The van der Waals surface area contributed by atoms with E-state index in [0.29, 0.717) is 17.3 Å². The maximum atomic E-state index is 12.4. The van der Waals surface area contributed by atoms with Gasteiger partial charge in [0.15, 0.2) is 4.90 Å².